The minimum atomic E-state index is 0.0977. The fraction of sp³-hybridized carbons (Fsp3) is 0.529. The van der Waals surface area contributed by atoms with Gasteiger partial charge in [0.1, 0.15) is 11.5 Å². The summed E-state index contributed by atoms with van der Waals surface area (Å²) in [6.45, 7) is 8.65. The van der Waals surface area contributed by atoms with Gasteiger partial charge >= 0.3 is 0 Å². The largest absolute Gasteiger partial charge is 0.357 e. The van der Waals surface area contributed by atoms with E-state index in [1.165, 1.54) is 0 Å². The Hall–Kier alpha value is -2.08. The van der Waals surface area contributed by atoms with Crippen LogP contribution in [0.1, 0.15) is 42.6 Å². The van der Waals surface area contributed by atoms with Gasteiger partial charge in [-0.15, -0.1) is 0 Å². The maximum atomic E-state index is 12.4. The maximum absolute atomic E-state index is 12.4. The normalized spacial score (nSPS) is 16.7. The van der Waals surface area contributed by atoms with Gasteiger partial charge in [0, 0.05) is 50.8 Å². The van der Waals surface area contributed by atoms with Crippen LogP contribution in [0.3, 0.4) is 0 Å². The fourth-order valence-corrected chi connectivity index (χ4v) is 3.10. The zero-order chi connectivity index (χ0) is 16.2. The van der Waals surface area contributed by atoms with Crippen LogP contribution in [0.25, 0.3) is 0 Å². The molecule has 1 aliphatic rings. The molecular formula is C17H25N5O. The number of rotatable bonds is 4. The first-order valence-corrected chi connectivity index (χ1v) is 8.32. The van der Waals surface area contributed by atoms with E-state index in [0.29, 0.717) is 11.7 Å². The van der Waals surface area contributed by atoms with Crippen molar-refractivity contribution in [2.75, 3.05) is 26.2 Å². The maximum Gasteiger partial charge on any atom is 0.270 e. The summed E-state index contributed by atoms with van der Waals surface area (Å²) in [5.41, 5.74) is 0.675. The van der Waals surface area contributed by atoms with Crippen molar-refractivity contribution in [3.05, 3.63) is 42.2 Å². The number of hydrogen-bond acceptors (Lipinski definition) is 3. The molecule has 0 atom stereocenters. The van der Waals surface area contributed by atoms with E-state index in [9.17, 15) is 4.79 Å². The van der Waals surface area contributed by atoms with Gasteiger partial charge in [0.25, 0.3) is 5.91 Å². The van der Waals surface area contributed by atoms with Crippen molar-refractivity contribution in [1.29, 1.82) is 0 Å². The molecule has 2 aromatic heterocycles. The second kappa shape index (κ2) is 7.00. The Balaban J connectivity index is 1.60. The minimum Gasteiger partial charge on any atom is -0.357 e. The molecule has 0 saturated carbocycles. The molecule has 23 heavy (non-hydrogen) atoms. The van der Waals surface area contributed by atoms with Gasteiger partial charge in [0.15, 0.2) is 0 Å². The molecule has 3 rings (SSSR count). The Morgan fingerprint density at radius 2 is 2.17 bits per heavy atom. The predicted octanol–water partition coefficient (Wildman–Crippen LogP) is 2.14. The summed E-state index contributed by atoms with van der Waals surface area (Å²) in [5, 5.41) is 0. The second-order valence-corrected chi connectivity index (χ2v) is 6.35. The summed E-state index contributed by atoms with van der Waals surface area (Å²) in [5.74, 6) is 1.20. The highest BCUT2D eigenvalue weighted by atomic mass is 16.2. The van der Waals surface area contributed by atoms with Gasteiger partial charge in [-0.1, -0.05) is 0 Å². The summed E-state index contributed by atoms with van der Waals surface area (Å²) < 4.78 is 2.22. The molecule has 124 valence electrons. The molecule has 0 aliphatic carbocycles. The van der Waals surface area contributed by atoms with Crippen molar-refractivity contribution >= 4 is 5.91 Å². The number of hydrogen-bond donors (Lipinski definition) is 1. The molecule has 1 fully saturated rings. The van der Waals surface area contributed by atoms with Gasteiger partial charge < -0.3 is 14.5 Å². The summed E-state index contributed by atoms with van der Waals surface area (Å²) in [7, 11) is 0. The van der Waals surface area contributed by atoms with Gasteiger partial charge in [-0.05, 0) is 32.4 Å². The van der Waals surface area contributed by atoms with E-state index >= 15 is 0 Å². The molecule has 0 aromatic carbocycles. The lowest BCUT2D eigenvalue weighted by Gasteiger charge is -2.22. The summed E-state index contributed by atoms with van der Waals surface area (Å²) in [4.78, 5) is 24.3. The van der Waals surface area contributed by atoms with Gasteiger partial charge in [0.05, 0.1) is 6.54 Å². The number of carbonyl (C=O) groups is 1. The standard InChI is InChI=1S/C17H25N5O/c1-14(2)22-10-7-19-16(22)13-20-8-4-9-21(12-11-20)17(23)15-5-3-6-18-15/h3,5-7,10,14,18H,4,8-9,11-13H2,1-2H3. The van der Waals surface area contributed by atoms with Crippen molar-refractivity contribution < 1.29 is 4.79 Å². The van der Waals surface area contributed by atoms with Gasteiger partial charge in [0.2, 0.25) is 0 Å². The average molecular weight is 315 g/mol. The Labute approximate surface area is 137 Å². The third-order valence-corrected chi connectivity index (χ3v) is 4.37. The van der Waals surface area contributed by atoms with Crippen LogP contribution in [0.5, 0.6) is 0 Å². The molecule has 0 unspecified atom stereocenters. The first-order valence-electron chi connectivity index (χ1n) is 8.32. The number of nitrogens with zero attached hydrogens (tertiary/aromatic N) is 4. The van der Waals surface area contributed by atoms with Crippen LogP contribution in [0, 0.1) is 0 Å². The van der Waals surface area contributed by atoms with Crippen LogP contribution < -0.4 is 0 Å². The van der Waals surface area contributed by atoms with Crippen LogP contribution in [0.15, 0.2) is 30.7 Å². The smallest absolute Gasteiger partial charge is 0.270 e. The lowest BCUT2D eigenvalue weighted by Crippen LogP contribution is -2.35. The molecule has 1 amide bonds. The van der Waals surface area contributed by atoms with E-state index in [1.54, 1.807) is 6.20 Å². The van der Waals surface area contributed by atoms with E-state index in [2.05, 4.69) is 33.3 Å². The molecule has 2 aromatic rings. The highest BCUT2D eigenvalue weighted by molar-refractivity contribution is 5.92. The summed E-state index contributed by atoms with van der Waals surface area (Å²) in [6.07, 6.45) is 6.70. The van der Waals surface area contributed by atoms with Gasteiger partial charge in [-0.3, -0.25) is 9.69 Å². The van der Waals surface area contributed by atoms with Crippen LogP contribution in [0.4, 0.5) is 0 Å². The average Bonchev–Trinajstić information content (AvgIpc) is 3.16. The number of imidazole rings is 1. The lowest BCUT2D eigenvalue weighted by atomic mass is 10.3. The minimum absolute atomic E-state index is 0.0977. The van der Waals surface area contributed by atoms with Crippen LogP contribution >= 0.6 is 0 Å². The molecule has 1 aliphatic heterocycles. The van der Waals surface area contributed by atoms with Crippen molar-refractivity contribution in [3.63, 3.8) is 0 Å². The zero-order valence-corrected chi connectivity index (χ0v) is 13.9. The molecule has 6 nitrogen and oxygen atoms in total. The second-order valence-electron chi connectivity index (χ2n) is 6.35. The first kappa shape index (κ1) is 15.8. The topological polar surface area (TPSA) is 57.2 Å². The fourth-order valence-electron chi connectivity index (χ4n) is 3.10. The predicted molar refractivity (Wildman–Crippen MR) is 89.2 cm³/mol. The number of aromatic nitrogens is 3. The quantitative estimate of drug-likeness (QED) is 0.940. The SMILES string of the molecule is CC(C)n1ccnc1CN1CCCN(C(=O)c2ccc[nH]2)CC1. The van der Waals surface area contributed by atoms with Crippen LogP contribution in [-0.2, 0) is 6.54 Å². The van der Waals surface area contributed by atoms with E-state index in [0.717, 1.165) is 45.0 Å². The van der Waals surface area contributed by atoms with Crippen molar-refractivity contribution in [2.45, 2.75) is 32.9 Å². The monoisotopic (exact) mass is 315 g/mol. The van der Waals surface area contributed by atoms with E-state index in [-0.39, 0.29) is 5.91 Å². The molecule has 1 saturated heterocycles. The van der Waals surface area contributed by atoms with Crippen LogP contribution in [0.2, 0.25) is 0 Å². The molecule has 0 radical (unpaired) electrons. The first-order chi connectivity index (χ1) is 11.1. The van der Waals surface area contributed by atoms with E-state index in [4.69, 9.17) is 0 Å². The lowest BCUT2D eigenvalue weighted by molar-refractivity contribution is 0.0756. The highest BCUT2D eigenvalue weighted by Crippen LogP contribution is 2.13. The Bertz CT molecular complexity index is 631. The Kier molecular flexibility index (Phi) is 4.81. The van der Waals surface area contributed by atoms with Crippen molar-refractivity contribution in [1.82, 2.24) is 24.3 Å². The van der Waals surface area contributed by atoms with Gasteiger partial charge in [-0.2, -0.15) is 0 Å². The summed E-state index contributed by atoms with van der Waals surface area (Å²) >= 11 is 0. The number of aromatic amines is 1. The third kappa shape index (κ3) is 3.64. The Morgan fingerprint density at radius 1 is 1.30 bits per heavy atom. The van der Waals surface area contributed by atoms with Gasteiger partial charge in [-0.25, -0.2) is 4.98 Å². The molecule has 1 N–H and O–H groups in total. The number of H-pyrrole nitrogens is 1. The molecule has 6 heteroatoms. The van der Waals surface area contributed by atoms with E-state index in [1.807, 2.05) is 29.4 Å². The molecule has 3 heterocycles. The molecular weight excluding hydrogens is 290 g/mol. The molecule has 0 bridgehead atoms. The number of nitrogens with one attached hydrogen (secondary N) is 1. The number of carbonyl (C=O) groups excluding carboxylic acids is 1. The molecule has 0 spiro atoms. The van der Waals surface area contributed by atoms with Crippen molar-refractivity contribution in [3.8, 4) is 0 Å². The van der Waals surface area contributed by atoms with E-state index < -0.39 is 0 Å². The highest BCUT2D eigenvalue weighted by Gasteiger charge is 2.21. The zero-order valence-electron chi connectivity index (χ0n) is 13.9. The summed E-state index contributed by atoms with van der Waals surface area (Å²) in [6, 6.07) is 4.12. The Morgan fingerprint density at radius 3 is 2.91 bits per heavy atom. The number of amides is 1. The van der Waals surface area contributed by atoms with Crippen LogP contribution in [-0.4, -0.2) is 56.4 Å². The third-order valence-electron chi connectivity index (χ3n) is 4.37. The van der Waals surface area contributed by atoms with Crippen molar-refractivity contribution in [2.24, 2.45) is 0 Å².